The van der Waals surface area contributed by atoms with E-state index in [4.69, 9.17) is 17.3 Å². The number of rotatable bonds is 3. The maximum absolute atomic E-state index is 6.20. The highest BCUT2D eigenvalue weighted by atomic mass is 35.5. The first-order chi connectivity index (χ1) is 8.61. The van der Waals surface area contributed by atoms with Gasteiger partial charge in [-0.25, -0.2) is 0 Å². The Hall–Kier alpha value is -0.770. The number of hydrogen-bond donors (Lipinski definition) is 1. The summed E-state index contributed by atoms with van der Waals surface area (Å²) in [4.78, 5) is 4.81. The molecule has 0 saturated carbocycles. The highest BCUT2D eigenvalue weighted by Crippen LogP contribution is 2.25. The molecule has 2 N–H and O–H groups in total. The van der Waals surface area contributed by atoms with Crippen LogP contribution in [0.4, 0.5) is 5.69 Å². The van der Waals surface area contributed by atoms with Crippen molar-refractivity contribution in [2.24, 2.45) is 5.73 Å². The number of benzene rings is 1. The number of aryl methyl sites for hydroxylation is 1. The smallest absolute Gasteiger partial charge is 0.0455 e. The zero-order valence-electron chi connectivity index (χ0n) is 11.2. The summed E-state index contributed by atoms with van der Waals surface area (Å²) in [5.41, 5.74) is 8.04. The molecule has 1 fully saturated rings. The van der Waals surface area contributed by atoms with Gasteiger partial charge < -0.3 is 10.6 Å². The molecule has 0 spiro atoms. The molecule has 1 atom stereocenters. The van der Waals surface area contributed by atoms with Crippen LogP contribution >= 0.6 is 11.6 Å². The average Bonchev–Trinajstić information content (AvgIpc) is 2.36. The van der Waals surface area contributed by atoms with Crippen LogP contribution in [-0.4, -0.2) is 44.2 Å². The normalized spacial score (nSPS) is 21.3. The van der Waals surface area contributed by atoms with Crippen molar-refractivity contribution < 1.29 is 0 Å². The third-order valence-corrected chi connectivity index (χ3v) is 4.20. The summed E-state index contributed by atoms with van der Waals surface area (Å²) in [6, 6.07) is 6.87. The van der Waals surface area contributed by atoms with Gasteiger partial charge in [0.05, 0.1) is 0 Å². The van der Waals surface area contributed by atoms with E-state index < -0.39 is 0 Å². The molecule has 1 aromatic carbocycles. The molecule has 1 aliphatic rings. The summed E-state index contributed by atoms with van der Waals surface area (Å²) < 4.78 is 0. The fourth-order valence-corrected chi connectivity index (χ4v) is 2.64. The summed E-state index contributed by atoms with van der Waals surface area (Å²) in [6.45, 7) is 5.95. The lowest BCUT2D eigenvalue weighted by atomic mass is 10.1. The highest BCUT2D eigenvalue weighted by Gasteiger charge is 2.23. The SMILES string of the molecule is Cc1ccc(N2CCN(C)C(CCN)C2)cc1Cl. The quantitative estimate of drug-likeness (QED) is 0.911. The Kier molecular flexibility index (Phi) is 4.49. The zero-order chi connectivity index (χ0) is 13.1. The monoisotopic (exact) mass is 267 g/mol. The van der Waals surface area contributed by atoms with Crippen molar-refractivity contribution in [3.05, 3.63) is 28.8 Å². The third-order valence-electron chi connectivity index (χ3n) is 3.80. The third kappa shape index (κ3) is 2.97. The molecule has 1 aliphatic heterocycles. The Morgan fingerprint density at radius 1 is 1.39 bits per heavy atom. The topological polar surface area (TPSA) is 32.5 Å². The molecule has 0 amide bonds. The van der Waals surface area contributed by atoms with Gasteiger partial charge in [-0.05, 0) is 44.6 Å². The summed E-state index contributed by atoms with van der Waals surface area (Å²) >= 11 is 6.20. The maximum Gasteiger partial charge on any atom is 0.0455 e. The molecule has 3 nitrogen and oxygen atoms in total. The van der Waals surface area contributed by atoms with E-state index >= 15 is 0 Å². The van der Waals surface area contributed by atoms with Crippen molar-refractivity contribution >= 4 is 17.3 Å². The lowest BCUT2D eigenvalue weighted by Crippen LogP contribution is -2.52. The number of piperazine rings is 1. The molecule has 18 heavy (non-hydrogen) atoms. The second-order valence-electron chi connectivity index (χ2n) is 5.09. The highest BCUT2D eigenvalue weighted by molar-refractivity contribution is 6.31. The molecule has 1 aromatic rings. The largest absolute Gasteiger partial charge is 0.369 e. The summed E-state index contributed by atoms with van der Waals surface area (Å²) in [6.07, 6.45) is 1.05. The van der Waals surface area contributed by atoms with E-state index in [9.17, 15) is 0 Å². The van der Waals surface area contributed by atoms with Crippen LogP contribution in [0.25, 0.3) is 0 Å². The van der Waals surface area contributed by atoms with Gasteiger partial charge in [0.25, 0.3) is 0 Å². The van der Waals surface area contributed by atoms with Crippen molar-refractivity contribution in [3.8, 4) is 0 Å². The predicted molar refractivity (Wildman–Crippen MR) is 78.5 cm³/mol. The Morgan fingerprint density at radius 2 is 2.17 bits per heavy atom. The Labute approximate surface area is 115 Å². The number of nitrogens with two attached hydrogens (primary N) is 1. The summed E-state index contributed by atoms with van der Waals surface area (Å²) in [5.74, 6) is 0. The Morgan fingerprint density at radius 3 is 2.83 bits per heavy atom. The van der Waals surface area contributed by atoms with Gasteiger partial charge >= 0.3 is 0 Å². The van der Waals surface area contributed by atoms with Crippen LogP contribution in [0.15, 0.2) is 18.2 Å². The van der Waals surface area contributed by atoms with E-state index in [0.29, 0.717) is 6.04 Å². The second-order valence-corrected chi connectivity index (χ2v) is 5.50. The minimum Gasteiger partial charge on any atom is -0.369 e. The number of halogens is 1. The van der Waals surface area contributed by atoms with Crippen LogP contribution < -0.4 is 10.6 Å². The number of hydrogen-bond acceptors (Lipinski definition) is 3. The van der Waals surface area contributed by atoms with Crippen LogP contribution in [0.1, 0.15) is 12.0 Å². The van der Waals surface area contributed by atoms with Gasteiger partial charge in [0, 0.05) is 36.4 Å². The molecule has 0 bridgehead atoms. The van der Waals surface area contributed by atoms with Crippen LogP contribution in [-0.2, 0) is 0 Å². The molecule has 1 heterocycles. The van der Waals surface area contributed by atoms with Gasteiger partial charge in [-0.3, -0.25) is 4.90 Å². The first-order valence-corrected chi connectivity index (χ1v) is 6.91. The lowest BCUT2D eigenvalue weighted by molar-refractivity contribution is 0.210. The molecule has 4 heteroatoms. The molecule has 0 aromatic heterocycles. The van der Waals surface area contributed by atoms with E-state index in [-0.39, 0.29) is 0 Å². The van der Waals surface area contributed by atoms with Crippen LogP contribution in [0.5, 0.6) is 0 Å². The van der Waals surface area contributed by atoms with E-state index in [0.717, 1.165) is 43.2 Å². The molecule has 0 radical (unpaired) electrons. The van der Waals surface area contributed by atoms with Gasteiger partial charge in [-0.1, -0.05) is 17.7 Å². The van der Waals surface area contributed by atoms with E-state index in [2.05, 4.69) is 35.0 Å². The van der Waals surface area contributed by atoms with Gasteiger partial charge in [0.2, 0.25) is 0 Å². The molecule has 100 valence electrons. The molecule has 1 unspecified atom stereocenters. The van der Waals surface area contributed by atoms with Gasteiger partial charge in [-0.2, -0.15) is 0 Å². The van der Waals surface area contributed by atoms with E-state index in [1.165, 1.54) is 5.69 Å². The van der Waals surface area contributed by atoms with Crippen LogP contribution in [0, 0.1) is 6.92 Å². The van der Waals surface area contributed by atoms with Crippen molar-refractivity contribution in [2.45, 2.75) is 19.4 Å². The minimum absolute atomic E-state index is 0.545. The van der Waals surface area contributed by atoms with Crippen LogP contribution in [0.2, 0.25) is 5.02 Å². The van der Waals surface area contributed by atoms with Crippen molar-refractivity contribution in [1.82, 2.24) is 4.90 Å². The predicted octanol–water partition coefficient (Wildman–Crippen LogP) is 2.12. The van der Waals surface area contributed by atoms with Gasteiger partial charge in [0.1, 0.15) is 0 Å². The zero-order valence-corrected chi connectivity index (χ0v) is 12.0. The number of nitrogens with zero attached hydrogens (tertiary/aromatic N) is 2. The van der Waals surface area contributed by atoms with Crippen LogP contribution in [0.3, 0.4) is 0 Å². The van der Waals surface area contributed by atoms with Gasteiger partial charge in [0.15, 0.2) is 0 Å². The van der Waals surface area contributed by atoms with Gasteiger partial charge in [-0.15, -0.1) is 0 Å². The first kappa shape index (κ1) is 13.7. The molecular weight excluding hydrogens is 246 g/mol. The molecular formula is C14H22ClN3. The fraction of sp³-hybridized carbons (Fsp3) is 0.571. The standard InChI is InChI=1S/C14H22ClN3/c1-11-3-4-12(9-14(11)15)18-8-7-17(2)13(10-18)5-6-16/h3-4,9,13H,5-8,10,16H2,1-2H3. The summed E-state index contributed by atoms with van der Waals surface area (Å²) in [5, 5.41) is 0.849. The molecule has 1 saturated heterocycles. The molecule has 2 rings (SSSR count). The lowest BCUT2D eigenvalue weighted by Gasteiger charge is -2.40. The second kappa shape index (κ2) is 5.91. The molecule has 0 aliphatic carbocycles. The van der Waals surface area contributed by atoms with E-state index in [1.54, 1.807) is 0 Å². The van der Waals surface area contributed by atoms with E-state index in [1.807, 2.05) is 6.92 Å². The Bertz CT molecular complexity index is 408. The summed E-state index contributed by atoms with van der Waals surface area (Å²) in [7, 11) is 2.18. The minimum atomic E-state index is 0.545. The van der Waals surface area contributed by atoms with Crippen molar-refractivity contribution in [2.75, 3.05) is 38.1 Å². The average molecular weight is 268 g/mol. The van der Waals surface area contributed by atoms with Crippen molar-refractivity contribution in [1.29, 1.82) is 0 Å². The van der Waals surface area contributed by atoms with Crippen molar-refractivity contribution in [3.63, 3.8) is 0 Å². The fourth-order valence-electron chi connectivity index (χ4n) is 2.46. The maximum atomic E-state index is 6.20. The number of anilines is 1. The Balaban J connectivity index is 2.11. The first-order valence-electron chi connectivity index (χ1n) is 6.53. The number of likely N-dealkylation sites (N-methyl/N-ethyl adjacent to an activating group) is 1.